The average molecular weight is 207 g/mol. The lowest BCUT2D eigenvalue weighted by Crippen LogP contribution is -2.07. The first-order valence-corrected chi connectivity index (χ1v) is 6.78. The van der Waals surface area contributed by atoms with Crippen LogP contribution in [0.1, 0.15) is 0 Å². The van der Waals surface area contributed by atoms with Crippen molar-refractivity contribution in [2.75, 3.05) is 0 Å². The summed E-state index contributed by atoms with van der Waals surface area (Å²) in [6, 6.07) is 7.83. The van der Waals surface area contributed by atoms with Crippen LogP contribution in [0.15, 0.2) is 30.3 Å². The summed E-state index contributed by atoms with van der Waals surface area (Å²) in [5, 5.41) is 0.182. The van der Waals surface area contributed by atoms with Crippen molar-refractivity contribution in [3.63, 3.8) is 0 Å². The number of hydrogen-bond acceptors (Lipinski definition) is 4. The van der Waals surface area contributed by atoms with Crippen LogP contribution >= 0.6 is 15.5 Å². The van der Waals surface area contributed by atoms with Gasteiger partial charge >= 0.3 is 15.5 Å². The summed E-state index contributed by atoms with van der Waals surface area (Å²) < 4.78 is 0. The van der Waals surface area contributed by atoms with Gasteiger partial charge in [0.15, 0.2) is 5.30 Å². The molecule has 6 heteroatoms. The predicted octanol–water partition coefficient (Wildman–Crippen LogP) is 0.356. The van der Waals surface area contributed by atoms with Crippen LogP contribution in [0.4, 0.5) is 0 Å². The molecule has 0 atom stereocenters. The van der Waals surface area contributed by atoms with Crippen LogP contribution < -0.4 is 5.30 Å². The normalized spacial score (nSPS) is 12.1. The maximum Gasteiger partial charge on any atom is 0.412 e. The molecule has 0 saturated heterocycles. The van der Waals surface area contributed by atoms with Crippen LogP contribution in [0.5, 0.6) is 0 Å². The average Bonchev–Trinajstić information content (AvgIpc) is 2.06. The van der Waals surface area contributed by atoms with E-state index >= 15 is 0 Å². The molecule has 0 unspecified atom stereocenters. The van der Waals surface area contributed by atoms with E-state index in [-0.39, 0.29) is 5.30 Å². The summed E-state index contributed by atoms with van der Waals surface area (Å²) in [6.45, 7) is 0. The molecule has 0 aromatic heterocycles. The van der Waals surface area contributed by atoms with Gasteiger partial charge < -0.3 is 9.79 Å². The highest BCUT2D eigenvalue weighted by atomic mass is 32.1. The lowest BCUT2D eigenvalue weighted by molar-refractivity contribution is 0.446. The maximum atomic E-state index is 9.26. The molecule has 1 aromatic rings. The van der Waals surface area contributed by atoms with Crippen molar-refractivity contribution >= 4 is 20.8 Å². The topological polar surface area (TPSA) is 80.9 Å². The van der Waals surface area contributed by atoms with Gasteiger partial charge in [-0.15, -0.1) is 0 Å². The highest BCUT2D eigenvalue weighted by Gasteiger charge is 2.47. The van der Waals surface area contributed by atoms with Gasteiger partial charge in [0.05, 0.1) is 0 Å². The zero-order valence-electron chi connectivity index (χ0n) is 6.07. The molecule has 4 nitrogen and oxygen atoms in total. The molecule has 0 aliphatic heterocycles. The second-order valence-corrected chi connectivity index (χ2v) is 7.11. The molecule has 0 fully saturated rings. The molecule has 0 bridgehead atoms. The van der Waals surface area contributed by atoms with E-state index in [1.807, 2.05) is 0 Å². The van der Waals surface area contributed by atoms with Crippen molar-refractivity contribution in [1.29, 1.82) is 0 Å². The first-order chi connectivity index (χ1) is 5.55. The van der Waals surface area contributed by atoms with Crippen molar-refractivity contribution in [1.82, 2.24) is 0 Å². The Balaban J connectivity index is 2.98. The Labute approximate surface area is 71.4 Å². The van der Waals surface area contributed by atoms with Gasteiger partial charge in [0.1, 0.15) is 0 Å². The van der Waals surface area contributed by atoms with E-state index in [1.54, 1.807) is 18.2 Å². The van der Waals surface area contributed by atoms with Gasteiger partial charge in [-0.1, -0.05) is 18.2 Å². The second-order valence-electron chi connectivity index (χ2n) is 2.17. The van der Waals surface area contributed by atoms with Crippen LogP contribution in [0.2, 0.25) is 0 Å². The standard InChI is InChI=1S/C6H9O4P2/c7-11(8)12(9,10)6-4-2-1-3-5-6/h1-5,7-10H/q+1. The minimum atomic E-state index is -3.69. The van der Waals surface area contributed by atoms with Crippen LogP contribution in [-0.4, -0.2) is 19.6 Å². The van der Waals surface area contributed by atoms with Gasteiger partial charge in [-0.3, -0.25) is 0 Å². The molecule has 0 aliphatic rings. The SMILES string of the molecule is OP(O)[P+](O)(O)c1ccccc1. The van der Waals surface area contributed by atoms with E-state index in [0.29, 0.717) is 0 Å². The molecule has 1 aromatic carbocycles. The fraction of sp³-hybridized carbons (Fsp3) is 0. The van der Waals surface area contributed by atoms with Gasteiger partial charge in [-0.05, 0) is 12.1 Å². The molecule has 0 radical (unpaired) electrons. The summed E-state index contributed by atoms with van der Waals surface area (Å²) in [4.78, 5) is 35.9. The summed E-state index contributed by atoms with van der Waals surface area (Å²) >= 11 is 0. The van der Waals surface area contributed by atoms with E-state index in [4.69, 9.17) is 9.79 Å². The molecule has 0 amide bonds. The first kappa shape index (κ1) is 10.0. The van der Waals surface area contributed by atoms with Crippen LogP contribution in [0, 0.1) is 0 Å². The third-order valence-corrected chi connectivity index (χ3v) is 5.03. The smallest absolute Gasteiger partial charge is 0.315 e. The zero-order chi connectivity index (χ0) is 9.19. The van der Waals surface area contributed by atoms with Crippen molar-refractivity contribution < 1.29 is 19.6 Å². The third-order valence-electron chi connectivity index (χ3n) is 1.35. The van der Waals surface area contributed by atoms with Crippen LogP contribution in [0.3, 0.4) is 0 Å². The van der Waals surface area contributed by atoms with Gasteiger partial charge in [0.2, 0.25) is 0 Å². The summed E-state index contributed by atoms with van der Waals surface area (Å²) in [5.74, 6) is 0. The number of hydrogen-bond donors (Lipinski definition) is 4. The molecule has 66 valence electrons. The van der Waals surface area contributed by atoms with Gasteiger partial charge in [-0.2, -0.15) is 0 Å². The quantitative estimate of drug-likeness (QED) is 0.527. The summed E-state index contributed by atoms with van der Waals surface area (Å²) in [7, 11) is -6.39. The Kier molecular flexibility index (Phi) is 3.13. The molecule has 0 aliphatic carbocycles. The van der Waals surface area contributed by atoms with Crippen molar-refractivity contribution in [3.8, 4) is 0 Å². The number of benzene rings is 1. The Morgan fingerprint density at radius 3 is 1.92 bits per heavy atom. The Morgan fingerprint density at radius 1 is 1.00 bits per heavy atom. The molecule has 0 saturated carbocycles. The fourth-order valence-electron chi connectivity index (χ4n) is 0.731. The molecule has 0 spiro atoms. The molecule has 1 rings (SSSR count). The highest BCUT2D eigenvalue weighted by Crippen LogP contribution is 2.73. The van der Waals surface area contributed by atoms with E-state index in [1.165, 1.54) is 12.1 Å². The lowest BCUT2D eigenvalue weighted by Gasteiger charge is -2.10. The summed E-state index contributed by atoms with van der Waals surface area (Å²) in [6.07, 6.45) is 0. The predicted molar refractivity (Wildman–Crippen MR) is 48.8 cm³/mol. The molecular weight excluding hydrogens is 198 g/mol. The largest absolute Gasteiger partial charge is 0.412 e. The molecular formula is C6H9O4P2+. The zero-order valence-corrected chi connectivity index (χ0v) is 7.86. The van der Waals surface area contributed by atoms with Gasteiger partial charge in [0.25, 0.3) is 0 Å². The van der Waals surface area contributed by atoms with E-state index in [0.717, 1.165) is 0 Å². The van der Waals surface area contributed by atoms with Crippen molar-refractivity contribution in [3.05, 3.63) is 30.3 Å². The third kappa shape index (κ3) is 1.99. The van der Waals surface area contributed by atoms with Crippen molar-refractivity contribution in [2.24, 2.45) is 0 Å². The van der Waals surface area contributed by atoms with Crippen LogP contribution in [0.25, 0.3) is 0 Å². The highest BCUT2D eigenvalue weighted by molar-refractivity contribution is 8.32. The number of rotatable bonds is 2. The fourth-order valence-corrected chi connectivity index (χ4v) is 2.53. The van der Waals surface area contributed by atoms with E-state index < -0.39 is 15.5 Å². The maximum absolute atomic E-state index is 9.26. The minimum Gasteiger partial charge on any atom is -0.315 e. The monoisotopic (exact) mass is 207 g/mol. The Morgan fingerprint density at radius 2 is 1.50 bits per heavy atom. The van der Waals surface area contributed by atoms with E-state index in [9.17, 15) is 9.79 Å². The van der Waals surface area contributed by atoms with Gasteiger partial charge in [-0.25, -0.2) is 9.79 Å². The molecule has 4 N–H and O–H groups in total. The Hall–Kier alpha value is -0.0800. The van der Waals surface area contributed by atoms with Crippen molar-refractivity contribution in [2.45, 2.75) is 0 Å². The van der Waals surface area contributed by atoms with Crippen LogP contribution in [-0.2, 0) is 0 Å². The second kappa shape index (κ2) is 3.75. The molecule has 12 heavy (non-hydrogen) atoms. The van der Waals surface area contributed by atoms with E-state index in [2.05, 4.69) is 0 Å². The van der Waals surface area contributed by atoms with Gasteiger partial charge in [0, 0.05) is 0 Å². The molecule has 0 heterocycles. The Bertz CT molecular complexity index is 249. The lowest BCUT2D eigenvalue weighted by atomic mass is 10.4. The first-order valence-electron chi connectivity index (χ1n) is 3.13. The summed E-state index contributed by atoms with van der Waals surface area (Å²) in [5.41, 5.74) is 0. The minimum absolute atomic E-state index is 0.182.